The fraction of sp³-hybridized carbons (Fsp3) is 0. The topological polar surface area (TPSA) is 92.5 Å². The number of nitrogens with zero attached hydrogens (tertiary/aromatic N) is 11. The Labute approximate surface area is 684 Å². The fourth-order valence-electron chi connectivity index (χ4n) is 20.9. The predicted molar refractivity (Wildman–Crippen MR) is 501 cm³/mol. The Bertz CT molecular complexity index is 9730. The number of aromatic nitrogens is 11. The quantitative estimate of drug-likeness (QED) is 0.160. The highest BCUT2D eigenvalue weighted by atomic mass is 32.1. The average molecular weight is 1570 g/mol. The second-order valence-corrected chi connectivity index (χ2v) is 35.0. The van der Waals surface area contributed by atoms with Crippen molar-refractivity contribution in [1.82, 2.24) is 51.8 Å². The predicted octanol–water partition coefficient (Wildman–Crippen LogP) is 28.4. The molecule has 0 N–H and O–H groups in total. The van der Waals surface area contributed by atoms with Crippen LogP contribution in [0.25, 0.3) is 270 Å². The van der Waals surface area contributed by atoms with Crippen LogP contribution in [0.4, 0.5) is 0 Å². The maximum absolute atomic E-state index is 5.82. The first kappa shape index (κ1) is 63.2. The van der Waals surface area contributed by atoms with E-state index in [9.17, 15) is 0 Å². The number of hydrogen-bond donors (Lipinski definition) is 0. The SMILES string of the molecule is c1ccc(-n2c3cc4c(cc3c3c5c(ccc32)sc2ccccc25)c2ncc(-c3cc5c(c6cc7c8ccccc8n8c9ccc(-c%10cccc(-n%11c%12cc%13c(cc%12c%12c%14c(ccc%12%11)sc%11ccccc%11%14)c%11ncccc%11n%11c%12ccccc%12nc%13%11)c%10)cc9nc8c7cc6n5-c5ccccc5)c5c3sc3ccccc35)cc2n2ccnc42)cc1. The van der Waals surface area contributed by atoms with Gasteiger partial charge in [-0.2, -0.15) is 0 Å². The summed E-state index contributed by atoms with van der Waals surface area (Å²) in [6.07, 6.45) is 8.09. The van der Waals surface area contributed by atoms with Crippen molar-refractivity contribution in [2.45, 2.75) is 0 Å². The number of para-hydroxylation sites is 5. The van der Waals surface area contributed by atoms with Gasteiger partial charge >= 0.3 is 0 Å². The van der Waals surface area contributed by atoms with Crippen molar-refractivity contribution in [2.24, 2.45) is 0 Å². The summed E-state index contributed by atoms with van der Waals surface area (Å²) >= 11 is 5.59. The molecular formula is C105H55N11S3. The largest absolute Gasteiger partial charge is 0.309 e. The molecule has 0 spiro atoms. The molecule has 119 heavy (non-hydrogen) atoms. The molecule has 14 heterocycles. The molecule has 14 heteroatoms. The van der Waals surface area contributed by atoms with Gasteiger partial charge in [0.2, 0.25) is 0 Å². The number of hydrogen-bond acceptors (Lipinski definition) is 8. The zero-order valence-corrected chi connectivity index (χ0v) is 65.3. The van der Waals surface area contributed by atoms with E-state index in [1.54, 1.807) is 0 Å². The first-order chi connectivity index (χ1) is 59.0. The summed E-state index contributed by atoms with van der Waals surface area (Å²) in [7, 11) is 0. The minimum absolute atomic E-state index is 0.888. The van der Waals surface area contributed by atoms with Crippen molar-refractivity contribution in [3.05, 3.63) is 334 Å². The highest BCUT2D eigenvalue weighted by Gasteiger charge is 2.29. The second-order valence-electron chi connectivity index (χ2n) is 31.8. The molecule has 0 bridgehead atoms. The van der Waals surface area contributed by atoms with Crippen LogP contribution < -0.4 is 0 Å². The van der Waals surface area contributed by atoms with Crippen LogP contribution in [-0.4, -0.2) is 51.8 Å². The Balaban J connectivity index is 0.636. The van der Waals surface area contributed by atoms with Crippen LogP contribution in [-0.2, 0) is 0 Å². The maximum Gasteiger partial charge on any atom is 0.146 e. The second kappa shape index (κ2) is 22.9. The molecule has 0 atom stereocenters. The standard InChI is InChI=1S/C105H55N11S3/c1-3-20-59(21-4-1)112-81-38-40-92-97(63-26-8-14-33-89(63)117-92)94(81)74-49-68-71(53-84(74)112)103-107-43-44-111(103)88-47-58(55-108-101(68)88)66-51-87-96(99-65-28-10-16-35-91(65)119-102(66)99)73-48-67-62-25-7-12-30-78(62)115-80-37-36-57(46-77(80)110-104(115)70(67)52-85(73)113(87)60-22-5-2-6-23-60)56-19-17-24-61(45-56)114-82-39-41-93-98(64-27-9-15-34-90(64)118-93)95(82)75-50-69-72(54-86(75)114)105-109-76-29-11-13-31-79(76)116(105)83-32-18-42-106-100(69)83/h1-55H. The number of benzene rings is 15. The third kappa shape index (κ3) is 8.30. The maximum atomic E-state index is 5.82. The monoisotopic (exact) mass is 1570 g/mol. The summed E-state index contributed by atoms with van der Waals surface area (Å²) in [4.78, 5) is 27.2. The van der Waals surface area contributed by atoms with Crippen molar-refractivity contribution < 1.29 is 0 Å². The molecule has 29 aromatic rings. The molecule has 15 aromatic carbocycles. The van der Waals surface area contributed by atoms with Crippen LogP contribution >= 0.6 is 34.0 Å². The Hall–Kier alpha value is -15.2. The summed E-state index contributed by atoms with van der Waals surface area (Å²) < 4.78 is 21.9. The molecule has 0 saturated carbocycles. The van der Waals surface area contributed by atoms with E-state index in [0.29, 0.717) is 0 Å². The van der Waals surface area contributed by atoms with Crippen LogP contribution in [0, 0.1) is 0 Å². The Morgan fingerprint density at radius 3 is 1.45 bits per heavy atom. The number of pyridine rings is 5. The van der Waals surface area contributed by atoms with Crippen molar-refractivity contribution in [3.63, 3.8) is 0 Å². The first-order valence-electron chi connectivity index (χ1n) is 40.2. The minimum Gasteiger partial charge on any atom is -0.309 e. The van der Waals surface area contributed by atoms with Gasteiger partial charge in [0.1, 0.15) is 16.9 Å². The van der Waals surface area contributed by atoms with E-state index in [-0.39, 0.29) is 0 Å². The van der Waals surface area contributed by atoms with E-state index in [2.05, 4.69) is 343 Å². The molecular weight excluding hydrogens is 1510 g/mol. The third-order valence-corrected chi connectivity index (χ3v) is 29.3. The molecule has 11 nitrogen and oxygen atoms in total. The summed E-state index contributed by atoms with van der Waals surface area (Å²) in [5, 5.41) is 22.4. The Kier molecular flexibility index (Phi) is 12.1. The van der Waals surface area contributed by atoms with Crippen molar-refractivity contribution in [1.29, 1.82) is 0 Å². The van der Waals surface area contributed by atoms with E-state index in [4.69, 9.17) is 24.9 Å². The molecule has 0 unspecified atom stereocenters. The van der Waals surface area contributed by atoms with Crippen molar-refractivity contribution >= 4 is 264 Å². The van der Waals surface area contributed by atoms with Gasteiger partial charge < -0.3 is 13.7 Å². The zero-order chi connectivity index (χ0) is 76.9. The fourth-order valence-corrected chi connectivity index (χ4v) is 24.4. The smallest absolute Gasteiger partial charge is 0.146 e. The highest BCUT2D eigenvalue weighted by Crippen LogP contribution is 2.53. The summed E-state index contributed by atoms with van der Waals surface area (Å²) in [6, 6.07) is 115. The van der Waals surface area contributed by atoms with Gasteiger partial charge in [-0.15, -0.1) is 34.0 Å². The van der Waals surface area contributed by atoms with Crippen LogP contribution in [0.15, 0.2) is 334 Å². The lowest BCUT2D eigenvalue weighted by Crippen LogP contribution is -1.96. The van der Waals surface area contributed by atoms with Crippen LogP contribution in [0.1, 0.15) is 0 Å². The lowest BCUT2D eigenvalue weighted by atomic mass is 9.97. The van der Waals surface area contributed by atoms with Gasteiger partial charge in [0.15, 0.2) is 0 Å². The van der Waals surface area contributed by atoms with Crippen molar-refractivity contribution in [2.75, 3.05) is 0 Å². The van der Waals surface area contributed by atoms with Crippen molar-refractivity contribution in [3.8, 4) is 39.3 Å². The molecule has 0 aliphatic heterocycles. The van der Waals surface area contributed by atoms with Crippen LogP contribution in [0.5, 0.6) is 0 Å². The number of thiophene rings is 3. The lowest BCUT2D eigenvalue weighted by Gasteiger charge is -2.13. The van der Waals surface area contributed by atoms with E-state index < -0.39 is 0 Å². The first-order valence-corrected chi connectivity index (χ1v) is 42.6. The van der Waals surface area contributed by atoms with E-state index in [1.165, 1.54) is 98.4 Å². The summed E-state index contributed by atoms with van der Waals surface area (Å²) in [5.41, 5.74) is 26.0. The highest BCUT2D eigenvalue weighted by molar-refractivity contribution is 7.27. The minimum atomic E-state index is 0.888. The van der Waals surface area contributed by atoms with Crippen LogP contribution in [0.2, 0.25) is 0 Å². The van der Waals surface area contributed by atoms with Gasteiger partial charge in [0, 0.05) is 178 Å². The summed E-state index contributed by atoms with van der Waals surface area (Å²) in [5.74, 6) is 0. The molecule has 0 amide bonds. The molecule has 14 aromatic heterocycles. The molecule has 0 aliphatic rings. The molecule has 548 valence electrons. The average Bonchev–Trinajstić information content (AvgIpc) is 1.54. The van der Waals surface area contributed by atoms with E-state index in [1.807, 2.05) is 52.5 Å². The zero-order valence-electron chi connectivity index (χ0n) is 62.9. The number of imidazole rings is 3. The Morgan fingerprint density at radius 2 is 0.748 bits per heavy atom. The van der Waals surface area contributed by atoms with Crippen LogP contribution in [0.3, 0.4) is 0 Å². The lowest BCUT2D eigenvalue weighted by molar-refractivity contribution is 1.18. The molecule has 29 rings (SSSR count). The normalized spacial score (nSPS) is 12.7. The number of fused-ring (bicyclic) bond motifs is 43. The number of rotatable bonds is 5. The van der Waals surface area contributed by atoms with Gasteiger partial charge in [0.05, 0.1) is 82.8 Å². The van der Waals surface area contributed by atoms with Gasteiger partial charge in [-0.3, -0.25) is 23.2 Å². The van der Waals surface area contributed by atoms with E-state index in [0.717, 1.165) is 171 Å². The van der Waals surface area contributed by atoms with E-state index >= 15 is 0 Å². The third-order valence-electron chi connectivity index (χ3n) is 25.8. The molecule has 0 fully saturated rings. The Morgan fingerprint density at radius 1 is 0.235 bits per heavy atom. The molecule has 0 saturated heterocycles. The summed E-state index contributed by atoms with van der Waals surface area (Å²) in [6.45, 7) is 0. The van der Waals surface area contributed by atoms with Gasteiger partial charge in [-0.1, -0.05) is 140 Å². The van der Waals surface area contributed by atoms with Gasteiger partial charge in [-0.25, -0.2) is 15.0 Å². The van der Waals surface area contributed by atoms with Gasteiger partial charge in [0.25, 0.3) is 0 Å². The van der Waals surface area contributed by atoms with Gasteiger partial charge in [-0.05, 0) is 186 Å². The molecule has 0 radical (unpaired) electrons. The molecule has 0 aliphatic carbocycles.